The molecule has 3 N–H and O–H groups in total. The van der Waals surface area contributed by atoms with Gasteiger partial charge in [0.05, 0.1) is 17.7 Å². The molecule has 3 rings (SSSR count). The van der Waals surface area contributed by atoms with Crippen molar-refractivity contribution >= 4 is 41.3 Å². The summed E-state index contributed by atoms with van der Waals surface area (Å²) in [7, 11) is 0. The van der Waals surface area contributed by atoms with Gasteiger partial charge in [-0.3, -0.25) is 14.5 Å². The molecule has 1 aliphatic heterocycles. The Labute approximate surface area is 214 Å². The van der Waals surface area contributed by atoms with Crippen LogP contribution in [-0.2, 0) is 26.9 Å². The molecule has 1 aliphatic rings. The zero-order valence-corrected chi connectivity index (χ0v) is 20.4. The number of aliphatic carboxylic acids is 1. The van der Waals surface area contributed by atoms with Crippen LogP contribution in [0.25, 0.3) is 0 Å². The van der Waals surface area contributed by atoms with Gasteiger partial charge in [-0.15, -0.1) is 11.8 Å². The van der Waals surface area contributed by atoms with E-state index < -0.39 is 52.6 Å². The topological polar surface area (TPSA) is 125 Å². The highest BCUT2D eigenvalue weighted by molar-refractivity contribution is 8.00. The van der Waals surface area contributed by atoms with Crippen molar-refractivity contribution in [3.63, 3.8) is 0 Å². The van der Waals surface area contributed by atoms with Crippen molar-refractivity contribution in [1.82, 2.24) is 10.2 Å². The van der Waals surface area contributed by atoms with E-state index in [1.165, 1.54) is 53.1 Å². The van der Waals surface area contributed by atoms with Gasteiger partial charge < -0.3 is 20.5 Å². The zero-order valence-electron chi connectivity index (χ0n) is 19.6. The molecular weight excluding hydrogens is 515 g/mol. The molecule has 13 heteroatoms. The van der Waals surface area contributed by atoms with E-state index in [1.54, 1.807) is 6.92 Å². The van der Waals surface area contributed by atoms with E-state index in [0.29, 0.717) is 17.9 Å². The summed E-state index contributed by atoms with van der Waals surface area (Å²) < 4.78 is 44.5. The van der Waals surface area contributed by atoms with Crippen LogP contribution < -0.4 is 10.6 Å². The van der Waals surface area contributed by atoms with Gasteiger partial charge in [-0.25, -0.2) is 9.59 Å². The lowest BCUT2D eigenvalue weighted by atomic mass is 10.0. The number of rotatable bonds is 8. The summed E-state index contributed by atoms with van der Waals surface area (Å²) >= 11 is 1.19. The number of carbonyl (C=O) groups excluding carboxylic acids is 3. The van der Waals surface area contributed by atoms with E-state index >= 15 is 0 Å². The van der Waals surface area contributed by atoms with Gasteiger partial charge in [0.15, 0.2) is 5.37 Å². The fourth-order valence-corrected chi connectivity index (χ4v) is 4.73. The Hall–Kier alpha value is -3.74. The van der Waals surface area contributed by atoms with Crippen LogP contribution in [0.3, 0.4) is 0 Å². The molecule has 3 amide bonds. The lowest BCUT2D eigenvalue weighted by molar-refractivity contribution is -0.142. The lowest BCUT2D eigenvalue weighted by Crippen LogP contribution is -2.50. The summed E-state index contributed by atoms with van der Waals surface area (Å²) in [6.07, 6.45) is -5.46. The molecule has 0 bridgehead atoms. The predicted octanol–water partition coefficient (Wildman–Crippen LogP) is 3.60. The molecule has 1 unspecified atom stereocenters. The predicted molar refractivity (Wildman–Crippen MR) is 129 cm³/mol. The van der Waals surface area contributed by atoms with Crippen molar-refractivity contribution in [2.45, 2.75) is 30.9 Å². The van der Waals surface area contributed by atoms with Gasteiger partial charge in [-0.1, -0.05) is 24.3 Å². The Morgan fingerprint density at radius 3 is 2.43 bits per heavy atom. The summed E-state index contributed by atoms with van der Waals surface area (Å²) in [6.45, 7) is 2.06. The molecule has 2 aromatic carbocycles. The number of hydrogen-bond donors (Lipinski definition) is 3. The Bertz CT molecular complexity index is 1160. The average Bonchev–Trinajstić information content (AvgIpc) is 3.35. The molecule has 0 saturated carbocycles. The van der Waals surface area contributed by atoms with Gasteiger partial charge in [-0.05, 0) is 36.8 Å². The van der Waals surface area contributed by atoms with Crippen molar-refractivity contribution in [1.29, 1.82) is 0 Å². The van der Waals surface area contributed by atoms with Crippen LogP contribution in [0.5, 0.6) is 0 Å². The van der Waals surface area contributed by atoms with Crippen LogP contribution in [0.1, 0.15) is 28.4 Å². The number of anilines is 1. The standard InChI is InChI=1S/C24H24F3N3O6S/c1-2-36-23(35)30-11-12-37-21(30)20(32)29-18(22(33)34)13-14-7-9-15(10-8-14)28-19(31)16-5-3-4-6-17(16)24(25,26)27/h3-10,18,21H,2,11-13H2,1H3,(H,28,31)(H,29,32)(H,33,34)/t18-,21?/m0/s1. The number of halogens is 3. The van der Waals surface area contributed by atoms with Gasteiger partial charge in [-0.2, -0.15) is 13.2 Å². The fourth-order valence-electron chi connectivity index (χ4n) is 3.61. The number of ether oxygens (including phenoxy) is 1. The van der Waals surface area contributed by atoms with Gasteiger partial charge in [0.2, 0.25) is 0 Å². The highest BCUT2D eigenvalue weighted by Gasteiger charge is 2.37. The smallest absolute Gasteiger partial charge is 0.417 e. The number of carboxylic acid groups (broad SMARTS) is 1. The Kier molecular flexibility index (Phi) is 9.03. The SMILES string of the molecule is CCOC(=O)N1CCSC1C(=O)N[C@@H](Cc1ccc(NC(=O)c2ccccc2C(F)(F)F)cc1)C(=O)O. The second-order valence-electron chi connectivity index (χ2n) is 7.91. The van der Waals surface area contributed by atoms with Crippen LogP contribution >= 0.6 is 11.8 Å². The number of carboxylic acids is 1. The molecule has 0 radical (unpaired) electrons. The van der Waals surface area contributed by atoms with Crippen molar-refractivity contribution in [3.05, 3.63) is 65.2 Å². The van der Waals surface area contributed by atoms with Crippen LogP contribution in [-0.4, -0.2) is 64.2 Å². The first kappa shape index (κ1) is 27.8. The van der Waals surface area contributed by atoms with Crippen LogP contribution in [0.2, 0.25) is 0 Å². The van der Waals surface area contributed by atoms with Crippen molar-refractivity contribution < 1.29 is 42.2 Å². The van der Waals surface area contributed by atoms with Crippen LogP contribution in [0.4, 0.5) is 23.7 Å². The number of hydrogen-bond acceptors (Lipinski definition) is 6. The number of benzene rings is 2. The first-order chi connectivity index (χ1) is 17.5. The highest BCUT2D eigenvalue weighted by atomic mass is 32.2. The van der Waals surface area contributed by atoms with E-state index in [2.05, 4.69) is 10.6 Å². The largest absolute Gasteiger partial charge is 0.480 e. The third-order valence-corrected chi connectivity index (χ3v) is 6.56. The molecule has 2 atom stereocenters. The second kappa shape index (κ2) is 12.0. The van der Waals surface area contributed by atoms with E-state index in [0.717, 1.165) is 12.1 Å². The van der Waals surface area contributed by atoms with E-state index in [1.807, 2.05) is 0 Å². The third-order valence-electron chi connectivity index (χ3n) is 5.36. The molecule has 0 aliphatic carbocycles. The first-order valence-corrected chi connectivity index (χ1v) is 12.2. The fraction of sp³-hybridized carbons (Fsp3) is 0.333. The van der Waals surface area contributed by atoms with Gasteiger partial charge >= 0.3 is 18.2 Å². The maximum Gasteiger partial charge on any atom is 0.417 e. The lowest BCUT2D eigenvalue weighted by Gasteiger charge is -2.24. The van der Waals surface area contributed by atoms with Crippen molar-refractivity contribution in [2.24, 2.45) is 0 Å². The maximum atomic E-state index is 13.2. The molecule has 0 aromatic heterocycles. The number of thioether (sulfide) groups is 1. The quantitative estimate of drug-likeness (QED) is 0.468. The molecule has 0 spiro atoms. The molecule has 9 nitrogen and oxygen atoms in total. The Morgan fingerprint density at radius 1 is 1.14 bits per heavy atom. The minimum Gasteiger partial charge on any atom is -0.480 e. The molecule has 1 heterocycles. The summed E-state index contributed by atoms with van der Waals surface area (Å²) in [4.78, 5) is 50.2. The van der Waals surface area contributed by atoms with Crippen LogP contribution in [0.15, 0.2) is 48.5 Å². The summed E-state index contributed by atoms with van der Waals surface area (Å²) in [5.74, 6) is -2.39. The normalized spacial score (nSPS) is 16.1. The molecule has 198 valence electrons. The van der Waals surface area contributed by atoms with Crippen molar-refractivity contribution in [2.75, 3.05) is 24.2 Å². The third kappa shape index (κ3) is 7.15. The molecule has 1 fully saturated rings. The Morgan fingerprint density at radius 2 is 1.81 bits per heavy atom. The second-order valence-corrected chi connectivity index (χ2v) is 9.10. The summed E-state index contributed by atoms with van der Waals surface area (Å²) in [5.41, 5.74) is -0.905. The van der Waals surface area contributed by atoms with Gasteiger partial charge in [0, 0.05) is 24.4 Å². The summed E-state index contributed by atoms with van der Waals surface area (Å²) in [5, 5.41) is 13.5. The van der Waals surface area contributed by atoms with E-state index in [4.69, 9.17) is 4.74 Å². The van der Waals surface area contributed by atoms with E-state index in [-0.39, 0.29) is 18.7 Å². The first-order valence-electron chi connectivity index (χ1n) is 11.2. The van der Waals surface area contributed by atoms with Crippen LogP contribution in [0, 0.1) is 0 Å². The Balaban J connectivity index is 1.65. The minimum absolute atomic E-state index is 0.108. The number of nitrogens with one attached hydrogen (secondary N) is 2. The molecule has 37 heavy (non-hydrogen) atoms. The number of carbonyl (C=O) groups is 4. The van der Waals surface area contributed by atoms with Crippen molar-refractivity contribution in [3.8, 4) is 0 Å². The maximum absolute atomic E-state index is 13.2. The number of nitrogens with zero attached hydrogens (tertiary/aromatic N) is 1. The minimum atomic E-state index is -4.70. The van der Waals surface area contributed by atoms with Gasteiger partial charge in [0.25, 0.3) is 11.8 Å². The monoisotopic (exact) mass is 539 g/mol. The van der Waals surface area contributed by atoms with E-state index in [9.17, 15) is 37.5 Å². The van der Waals surface area contributed by atoms with Gasteiger partial charge in [0.1, 0.15) is 6.04 Å². The number of alkyl halides is 3. The molecular formula is C24H24F3N3O6S. The highest BCUT2D eigenvalue weighted by Crippen LogP contribution is 2.32. The zero-order chi connectivity index (χ0) is 27.2. The molecule has 1 saturated heterocycles. The average molecular weight is 540 g/mol. The number of amides is 3. The summed E-state index contributed by atoms with van der Waals surface area (Å²) in [6, 6.07) is 8.89. The molecule has 2 aromatic rings.